The number of benzene rings is 2. The van der Waals surface area contributed by atoms with Crippen LogP contribution in [-0.4, -0.2) is 53.4 Å². The van der Waals surface area contributed by atoms with Crippen LogP contribution < -0.4 is 5.56 Å². The quantitative estimate of drug-likeness (QED) is 0.739. The molecule has 1 aromatic heterocycles. The van der Waals surface area contributed by atoms with Gasteiger partial charge in [0.2, 0.25) is 0 Å². The molecule has 6 nitrogen and oxygen atoms in total. The van der Waals surface area contributed by atoms with Crippen LogP contribution in [0.4, 0.5) is 0 Å². The molecule has 2 aromatic carbocycles. The fourth-order valence-electron chi connectivity index (χ4n) is 3.80. The van der Waals surface area contributed by atoms with E-state index in [1.807, 2.05) is 48.5 Å². The first kappa shape index (κ1) is 18.4. The Kier molecular flexibility index (Phi) is 5.23. The molecule has 0 radical (unpaired) electrons. The Morgan fingerprint density at radius 1 is 0.929 bits per heavy atom. The molecule has 1 aliphatic rings. The summed E-state index contributed by atoms with van der Waals surface area (Å²) < 4.78 is 6.79. The molecule has 0 spiro atoms. The lowest BCUT2D eigenvalue weighted by atomic mass is 9.96. The van der Waals surface area contributed by atoms with E-state index in [9.17, 15) is 14.7 Å². The highest BCUT2D eigenvalue weighted by atomic mass is 16.5. The van der Waals surface area contributed by atoms with Gasteiger partial charge in [0.15, 0.2) is 0 Å². The van der Waals surface area contributed by atoms with Crippen LogP contribution in [0.25, 0.3) is 21.9 Å². The Bertz CT molecular complexity index is 1050. The highest BCUT2D eigenvalue weighted by molar-refractivity contribution is 6.06. The van der Waals surface area contributed by atoms with Crippen LogP contribution in [-0.2, 0) is 11.3 Å². The third-order valence-corrected chi connectivity index (χ3v) is 5.19. The minimum atomic E-state index is -1.09. The van der Waals surface area contributed by atoms with Crippen molar-refractivity contribution in [1.29, 1.82) is 0 Å². The van der Waals surface area contributed by atoms with Crippen LogP contribution in [0.5, 0.6) is 0 Å². The van der Waals surface area contributed by atoms with Crippen molar-refractivity contribution < 1.29 is 14.6 Å². The highest BCUT2D eigenvalue weighted by Gasteiger charge is 2.23. The van der Waals surface area contributed by atoms with Gasteiger partial charge in [-0.1, -0.05) is 48.5 Å². The Hall–Kier alpha value is -2.96. The largest absolute Gasteiger partial charge is 0.477 e. The van der Waals surface area contributed by atoms with Crippen LogP contribution in [0.15, 0.2) is 59.4 Å². The fraction of sp³-hybridized carbons (Fsp3) is 0.273. The van der Waals surface area contributed by atoms with Gasteiger partial charge in [0.1, 0.15) is 5.69 Å². The third kappa shape index (κ3) is 3.44. The highest BCUT2D eigenvalue weighted by Crippen LogP contribution is 2.30. The van der Waals surface area contributed by atoms with Gasteiger partial charge in [0.25, 0.3) is 5.56 Å². The number of pyridine rings is 1. The molecule has 4 rings (SSSR count). The van der Waals surface area contributed by atoms with Gasteiger partial charge in [-0.2, -0.15) is 0 Å². The Morgan fingerprint density at radius 3 is 2.25 bits per heavy atom. The molecule has 2 heterocycles. The first-order valence-corrected chi connectivity index (χ1v) is 9.41. The Labute approximate surface area is 162 Å². The summed E-state index contributed by atoms with van der Waals surface area (Å²) in [6, 6.07) is 16.6. The molecule has 28 heavy (non-hydrogen) atoms. The molecule has 3 aromatic rings. The second-order valence-electron chi connectivity index (χ2n) is 6.85. The van der Waals surface area contributed by atoms with Gasteiger partial charge in [0, 0.05) is 37.1 Å². The zero-order valence-corrected chi connectivity index (χ0v) is 15.5. The predicted octanol–water partition coefficient (Wildman–Crippen LogP) is 2.70. The van der Waals surface area contributed by atoms with Gasteiger partial charge >= 0.3 is 5.97 Å². The summed E-state index contributed by atoms with van der Waals surface area (Å²) in [5.74, 6) is -1.09. The summed E-state index contributed by atoms with van der Waals surface area (Å²) >= 11 is 0. The number of carbonyl (C=O) groups is 1. The zero-order valence-electron chi connectivity index (χ0n) is 15.5. The van der Waals surface area contributed by atoms with Crippen LogP contribution in [0.3, 0.4) is 0 Å². The summed E-state index contributed by atoms with van der Waals surface area (Å²) in [5, 5.41) is 11.2. The lowest BCUT2D eigenvalue weighted by molar-refractivity contribution is 0.0360. The van der Waals surface area contributed by atoms with Gasteiger partial charge in [0.05, 0.1) is 13.2 Å². The molecule has 0 unspecified atom stereocenters. The molecule has 144 valence electrons. The molecular weight excluding hydrogens is 356 g/mol. The number of carboxylic acids is 1. The number of fused-ring (bicyclic) bond motifs is 1. The van der Waals surface area contributed by atoms with Gasteiger partial charge in [-0.25, -0.2) is 4.79 Å². The topological polar surface area (TPSA) is 71.8 Å². The van der Waals surface area contributed by atoms with E-state index in [1.165, 1.54) is 4.57 Å². The lowest BCUT2D eigenvalue weighted by Crippen LogP contribution is -2.40. The number of rotatable bonds is 5. The molecule has 0 atom stereocenters. The van der Waals surface area contributed by atoms with Crippen molar-refractivity contribution in [3.63, 3.8) is 0 Å². The van der Waals surface area contributed by atoms with Crippen molar-refractivity contribution in [2.24, 2.45) is 0 Å². The third-order valence-electron chi connectivity index (χ3n) is 5.19. The van der Waals surface area contributed by atoms with E-state index in [0.717, 1.165) is 18.7 Å². The molecular formula is C22H22N2O4. The molecule has 1 fully saturated rings. The Morgan fingerprint density at radius 2 is 1.57 bits per heavy atom. The minimum Gasteiger partial charge on any atom is -0.477 e. The van der Waals surface area contributed by atoms with E-state index in [4.69, 9.17) is 4.74 Å². The van der Waals surface area contributed by atoms with Crippen molar-refractivity contribution in [3.05, 3.63) is 70.6 Å². The average Bonchev–Trinajstić information content (AvgIpc) is 2.74. The molecule has 0 bridgehead atoms. The minimum absolute atomic E-state index is 0.0446. The number of aromatic carboxylic acids is 1. The molecule has 1 aliphatic heterocycles. The average molecular weight is 378 g/mol. The van der Waals surface area contributed by atoms with E-state index >= 15 is 0 Å². The summed E-state index contributed by atoms with van der Waals surface area (Å²) in [5.41, 5.74) is 1.16. The van der Waals surface area contributed by atoms with Crippen LogP contribution in [0.2, 0.25) is 0 Å². The molecule has 6 heteroatoms. The number of nitrogens with zero attached hydrogens (tertiary/aromatic N) is 2. The molecule has 0 amide bonds. The van der Waals surface area contributed by atoms with Gasteiger partial charge < -0.3 is 14.4 Å². The summed E-state index contributed by atoms with van der Waals surface area (Å²) in [6.45, 7) is 3.83. The number of aromatic nitrogens is 1. The van der Waals surface area contributed by atoms with Crippen molar-refractivity contribution in [3.8, 4) is 11.1 Å². The van der Waals surface area contributed by atoms with E-state index in [0.29, 0.717) is 42.6 Å². The van der Waals surface area contributed by atoms with Gasteiger partial charge in [-0.05, 0) is 17.0 Å². The standard InChI is InChI=1S/C22H22N2O4/c25-21-18-9-5-4-8-17(18)19(16-6-2-1-3-7-16)20(22(26)27)24(21)11-10-23-12-14-28-15-13-23/h1-9H,10-15H2,(H,26,27). The number of hydrogen-bond acceptors (Lipinski definition) is 4. The monoisotopic (exact) mass is 378 g/mol. The normalized spacial score (nSPS) is 15.0. The zero-order chi connectivity index (χ0) is 19.5. The molecule has 0 aliphatic carbocycles. The molecule has 0 saturated carbocycles. The molecule has 1 N–H and O–H groups in total. The van der Waals surface area contributed by atoms with Crippen molar-refractivity contribution >= 4 is 16.7 Å². The smallest absolute Gasteiger partial charge is 0.353 e. The predicted molar refractivity (Wildman–Crippen MR) is 108 cm³/mol. The fourth-order valence-corrected chi connectivity index (χ4v) is 3.80. The van der Waals surface area contributed by atoms with Gasteiger partial charge in [-0.15, -0.1) is 0 Å². The van der Waals surface area contributed by atoms with E-state index < -0.39 is 5.97 Å². The van der Waals surface area contributed by atoms with E-state index in [2.05, 4.69) is 4.90 Å². The Balaban J connectivity index is 1.90. The van der Waals surface area contributed by atoms with E-state index in [-0.39, 0.29) is 11.3 Å². The number of morpholine rings is 1. The van der Waals surface area contributed by atoms with Crippen molar-refractivity contribution in [2.45, 2.75) is 6.54 Å². The van der Waals surface area contributed by atoms with Gasteiger partial charge in [-0.3, -0.25) is 9.69 Å². The van der Waals surface area contributed by atoms with Crippen molar-refractivity contribution in [1.82, 2.24) is 9.47 Å². The first-order chi connectivity index (χ1) is 13.7. The SMILES string of the molecule is O=C(O)c1c(-c2ccccc2)c2ccccc2c(=O)n1CCN1CCOCC1. The summed E-state index contributed by atoms with van der Waals surface area (Å²) in [7, 11) is 0. The second-order valence-corrected chi connectivity index (χ2v) is 6.85. The number of carboxylic acid groups (broad SMARTS) is 1. The lowest BCUT2D eigenvalue weighted by Gasteiger charge is -2.27. The maximum absolute atomic E-state index is 13.2. The van der Waals surface area contributed by atoms with Crippen LogP contribution >= 0.6 is 0 Å². The summed E-state index contributed by atoms with van der Waals surface area (Å²) in [6.07, 6.45) is 0. The molecule has 1 saturated heterocycles. The van der Waals surface area contributed by atoms with Crippen LogP contribution in [0.1, 0.15) is 10.5 Å². The number of ether oxygens (including phenoxy) is 1. The van der Waals surface area contributed by atoms with Crippen molar-refractivity contribution in [2.75, 3.05) is 32.8 Å². The first-order valence-electron chi connectivity index (χ1n) is 9.41. The summed E-state index contributed by atoms with van der Waals surface area (Å²) in [4.78, 5) is 27.6. The maximum Gasteiger partial charge on any atom is 0.353 e. The van der Waals surface area contributed by atoms with E-state index in [1.54, 1.807) is 6.07 Å². The maximum atomic E-state index is 13.2. The second kappa shape index (κ2) is 7.96. The van der Waals surface area contributed by atoms with Crippen LogP contribution in [0, 0.1) is 0 Å². The number of hydrogen-bond donors (Lipinski definition) is 1.